The minimum Gasteiger partial charge on any atom is -0.0795 e. The molecular formula is C24H28. The molecule has 0 nitrogen and oxygen atoms in total. The zero-order valence-electron chi connectivity index (χ0n) is 15.6. The molecule has 0 N–H and O–H groups in total. The number of hydrogen-bond acceptors (Lipinski definition) is 0. The predicted molar refractivity (Wildman–Crippen MR) is 109 cm³/mol. The van der Waals surface area contributed by atoms with Crippen LogP contribution in [0.4, 0.5) is 0 Å². The van der Waals surface area contributed by atoms with Gasteiger partial charge in [-0.1, -0.05) is 86.2 Å². The third-order valence-corrected chi connectivity index (χ3v) is 4.31. The van der Waals surface area contributed by atoms with Gasteiger partial charge in [0.1, 0.15) is 0 Å². The minimum absolute atomic E-state index is 0.966. The first-order chi connectivity index (χ1) is 11.6. The van der Waals surface area contributed by atoms with Crippen molar-refractivity contribution in [2.45, 2.75) is 41.0 Å². The largest absolute Gasteiger partial charge is 0.0795 e. The number of aryl methyl sites for hydroxylation is 3. The van der Waals surface area contributed by atoms with Crippen molar-refractivity contribution < 1.29 is 0 Å². The number of fused-ring (bicyclic) bond motifs is 1. The summed E-state index contributed by atoms with van der Waals surface area (Å²) in [6, 6.07) is 19.9. The topological polar surface area (TPSA) is 0 Å². The van der Waals surface area contributed by atoms with E-state index in [1.807, 2.05) is 13.8 Å². The molecule has 0 saturated carbocycles. The lowest BCUT2D eigenvalue weighted by atomic mass is 10.00. The summed E-state index contributed by atoms with van der Waals surface area (Å²) < 4.78 is 0. The summed E-state index contributed by atoms with van der Waals surface area (Å²) >= 11 is 0. The van der Waals surface area contributed by atoms with Gasteiger partial charge in [-0.25, -0.2) is 0 Å². The molecule has 0 aliphatic heterocycles. The van der Waals surface area contributed by atoms with Crippen molar-refractivity contribution in [2.24, 2.45) is 0 Å². The molecule has 0 heteroatoms. The van der Waals surface area contributed by atoms with Crippen LogP contribution in [0.1, 0.15) is 41.7 Å². The third kappa shape index (κ3) is 4.35. The van der Waals surface area contributed by atoms with Gasteiger partial charge < -0.3 is 0 Å². The van der Waals surface area contributed by atoms with Crippen molar-refractivity contribution in [3.05, 3.63) is 88.5 Å². The molecule has 0 spiro atoms. The first kappa shape index (κ1) is 18.0. The molecule has 0 fully saturated rings. The second kappa shape index (κ2) is 8.49. The van der Waals surface area contributed by atoms with Gasteiger partial charge in [-0.3, -0.25) is 0 Å². The van der Waals surface area contributed by atoms with E-state index in [2.05, 4.69) is 87.5 Å². The Morgan fingerprint density at radius 2 is 1.58 bits per heavy atom. The molecular weight excluding hydrogens is 288 g/mol. The maximum Gasteiger partial charge on any atom is -0.00880 e. The lowest BCUT2D eigenvalue weighted by molar-refractivity contribution is 1.30. The maximum atomic E-state index is 2.26. The second-order valence-electron chi connectivity index (χ2n) is 6.09. The highest BCUT2D eigenvalue weighted by atomic mass is 14.0. The number of hydrogen-bond donors (Lipinski definition) is 0. The summed E-state index contributed by atoms with van der Waals surface area (Å²) in [6.45, 7) is 10.5. The van der Waals surface area contributed by atoms with Crippen LogP contribution in [0.3, 0.4) is 0 Å². The Kier molecular flexibility index (Phi) is 6.37. The normalized spacial score (nSPS) is 10.7. The van der Waals surface area contributed by atoms with Gasteiger partial charge in [-0.15, -0.1) is 0 Å². The van der Waals surface area contributed by atoms with Gasteiger partial charge in [-0.2, -0.15) is 0 Å². The van der Waals surface area contributed by atoms with Crippen LogP contribution in [0.15, 0.2) is 60.7 Å². The molecule has 0 amide bonds. The first-order valence-electron chi connectivity index (χ1n) is 8.85. The summed E-state index contributed by atoms with van der Waals surface area (Å²) in [4.78, 5) is 0. The fourth-order valence-electron chi connectivity index (χ4n) is 2.84. The highest BCUT2D eigenvalue weighted by Crippen LogP contribution is 2.21. The van der Waals surface area contributed by atoms with Crippen LogP contribution >= 0.6 is 0 Å². The van der Waals surface area contributed by atoms with Crippen molar-refractivity contribution >= 4 is 16.8 Å². The fraction of sp³-hybridized carbons (Fsp3) is 0.250. The second-order valence-corrected chi connectivity index (χ2v) is 6.09. The van der Waals surface area contributed by atoms with Gasteiger partial charge in [-0.05, 0) is 60.2 Å². The molecule has 0 saturated heterocycles. The molecule has 3 aromatic rings. The molecule has 0 aromatic heterocycles. The predicted octanol–water partition coefficient (Wildman–Crippen LogP) is 7.05. The smallest absolute Gasteiger partial charge is 0.00880 e. The zero-order valence-corrected chi connectivity index (χ0v) is 15.6. The lowest BCUT2D eigenvalue weighted by Gasteiger charge is -2.05. The highest BCUT2D eigenvalue weighted by molar-refractivity contribution is 5.86. The standard InChI is InChI=1S/C22H22.C2H6/c1-16-10-13-22-20(8-5-9-21(22)14-16)7-4-6-19-12-11-17(2)18(3)15-19;1-2/h4-6,8-15H,7H2,1-3H3;1-2H3/b6-4+;. The lowest BCUT2D eigenvalue weighted by Crippen LogP contribution is -1.86. The Labute approximate surface area is 146 Å². The van der Waals surface area contributed by atoms with Gasteiger partial charge in [0, 0.05) is 0 Å². The molecule has 0 aliphatic rings. The van der Waals surface area contributed by atoms with Crippen LogP contribution in [0, 0.1) is 20.8 Å². The fourth-order valence-corrected chi connectivity index (χ4v) is 2.84. The van der Waals surface area contributed by atoms with E-state index in [9.17, 15) is 0 Å². The quantitative estimate of drug-likeness (QED) is 0.486. The minimum atomic E-state index is 0.966. The van der Waals surface area contributed by atoms with E-state index in [0.29, 0.717) is 0 Å². The SMILES string of the molecule is CC.Cc1ccc2c(C/C=C/c3ccc(C)c(C)c3)cccc2c1. The summed E-state index contributed by atoms with van der Waals surface area (Å²) in [6.07, 6.45) is 5.45. The zero-order chi connectivity index (χ0) is 17.5. The molecule has 0 unspecified atom stereocenters. The Morgan fingerprint density at radius 3 is 2.33 bits per heavy atom. The van der Waals surface area contributed by atoms with Crippen LogP contribution in [0.2, 0.25) is 0 Å². The van der Waals surface area contributed by atoms with Crippen LogP contribution < -0.4 is 0 Å². The van der Waals surface area contributed by atoms with Crippen LogP contribution in [-0.2, 0) is 6.42 Å². The number of rotatable bonds is 3. The molecule has 3 aromatic carbocycles. The molecule has 0 heterocycles. The average molecular weight is 316 g/mol. The monoisotopic (exact) mass is 316 g/mol. The molecule has 0 radical (unpaired) electrons. The van der Waals surface area contributed by atoms with Crippen molar-refractivity contribution in [1.82, 2.24) is 0 Å². The maximum absolute atomic E-state index is 2.26. The van der Waals surface area contributed by atoms with E-state index < -0.39 is 0 Å². The summed E-state index contributed by atoms with van der Waals surface area (Å²) in [5.41, 5.74) is 6.68. The van der Waals surface area contributed by atoms with E-state index >= 15 is 0 Å². The van der Waals surface area contributed by atoms with Crippen LogP contribution in [0.5, 0.6) is 0 Å². The molecule has 0 aliphatic carbocycles. The summed E-state index contributed by atoms with van der Waals surface area (Å²) in [5, 5.41) is 2.69. The van der Waals surface area contributed by atoms with Crippen molar-refractivity contribution in [3.8, 4) is 0 Å². The van der Waals surface area contributed by atoms with E-state index in [4.69, 9.17) is 0 Å². The van der Waals surface area contributed by atoms with E-state index in [-0.39, 0.29) is 0 Å². The molecule has 124 valence electrons. The van der Waals surface area contributed by atoms with Gasteiger partial charge >= 0.3 is 0 Å². The van der Waals surface area contributed by atoms with E-state index in [0.717, 1.165) is 6.42 Å². The summed E-state index contributed by atoms with van der Waals surface area (Å²) in [5.74, 6) is 0. The van der Waals surface area contributed by atoms with Crippen LogP contribution in [-0.4, -0.2) is 0 Å². The molecule has 0 atom stereocenters. The van der Waals surface area contributed by atoms with E-state index in [1.54, 1.807) is 0 Å². The third-order valence-electron chi connectivity index (χ3n) is 4.31. The molecule has 0 bridgehead atoms. The Balaban J connectivity index is 0.00000100. The average Bonchev–Trinajstić information content (AvgIpc) is 2.59. The van der Waals surface area contributed by atoms with Gasteiger partial charge in [0.25, 0.3) is 0 Å². The molecule has 3 rings (SSSR count). The molecule has 24 heavy (non-hydrogen) atoms. The van der Waals surface area contributed by atoms with Crippen molar-refractivity contribution in [3.63, 3.8) is 0 Å². The Morgan fingerprint density at radius 1 is 0.792 bits per heavy atom. The Hall–Kier alpha value is -2.34. The van der Waals surface area contributed by atoms with Crippen LogP contribution in [0.25, 0.3) is 16.8 Å². The van der Waals surface area contributed by atoms with Gasteiger partial charge in [0.15, 0.2) is 0 Å². The summed E-state index contributed by atoms with van der Waals surface area (Å²) in [7, 11) is 0. The van der Waals surface area contributed by atoms with Crippen molar-refractivity contribution in [1.29, 1.82) is 0 Å². The number of benzene rings is 3. The first-order valence-corrected chi connectivity index (χ1v) is 8.85. The van der Waals surface area contributed by atoms with Gasteiger partial charge in [0.05, 0.1) is 0 Å². The highest BCUT2D eigenvalue weighted by Gasteiger charge is 1.99. The Bertz CT molecular complexity index is 838. The van der Waals surface area contributed by atoms with Crippen molar-refractivity contribution in [2.75, 3.05) is 0 Å². The van der Waals surface area contributed by atoms with E-state index in [1.165, 1.54) is 38.6 Å². The number of allylic oxidation sites excluding steroid dienone is 1. The van der Waals surface area contributed by atoms with Gasteiger partial charge in [0.2, 0.25) is 0 Å².